The van der Waals surface area contributed by atoms with Crippen molar-refractivity contribution in [3.05, 3.63) is 90.5 Å². The molecule has 1 amide bonds. The fourth-order valence-electron chi connectivity index (χ4n) is 3.96. The molecule has 3 aromatic rings. The molecule has 144 valence electrons. The zero-order valence-corrected chi connectivity index (χ0v) is 16.5. The Morgan fingerprint density at radius 3 is 2.69 bits per heavy atom. The van der Waals surface area contributed by atoms with E-state index < -0.39 is 6.04 Å². The standard InChI is InChI=1S/C23H20N4OS/c1-2-14-29-23-25-22(28)20-18-11-5-6-13-19(18)24-21(27(20)26-23)17-12-7-9-15-8-3-4-10-16(15)17/h2-13,20-21,24H,1,14H2,(H,25,26,28)/t20-,21-/m0/s1. The fraction of sp³-hybridized carbons (Fsp3) is 0.130. The molecule has 29 heavy (non-hydrogen) atoms. The van der Waals surface area contributed by atoms with Crippen LogP contribution in [-0.4, -0.2) is 21.8 Å². The van der Waals surface area contributed by atoms with Crippen LogP contribution in [0.15, 0.2) is 84.5 Å². The van der Waals surface area contributed by atoms with E-state index in [-0.39, 0.29) is 12.1 Å². The second kappa shape index (κ2) is 7.29. The minimum Gasteiger partial charge on any atom is -0.360 e. The van der Waals surface area contributed by atoms with Crippen LogP contribution in [0.5, 0.6) is 0 Å². The third kappa shape index (κ3) is 3.06. The number of amidine groups is 1. The molecule has 0 saturated carbocycles. The summed E-state index contributed by atoms with van der Waals surface area (Å²) >= 11 is 1.47. The zero-order chi connectivity index (χ0) is 19.8. The van der Waals surface area contributed by atoms with Gasteiger partial charge in [0.2, 0.25) is 0 Å². The molecule has 2 atom stereocenters. The Bertz CT molecular complexity index is 1140. The van der Waals surface area contributed by atoms with E-state index in [0.717, 1.165) is 27.6 Å². The quantitative estimate of drug-likeness (QED) is 0.630. The van der Waals surface area contributed by atoms with E-state index in [0.29, 0.717) is 10.9 Å². The molecule has 2 aliphatic rings. The molecular weight excluding hydrogens is 380 g/mol. The predicted molar refractivity (Wildman–Crippen MR) is 120 cm³/mol. The van der Waals surface area contributed by atoms with E-state index >= 15 is 0 Å². The van der Waals surface area contributed by atoms with Crippen molar-refractivity contribution in [1.29, 1.82) is 0 Å². The van der Waals surface area contributed by atoms with E-state index in [1.54, 1.807) is 6.08 Å². The number of para-hydroxylation sites is 1. The molecule has 0 saturated heterocycles. The maximum absolute atomic E-state index is 13.1. The Morgan fingerprint density at radius 2 is 1.79 bits per heavy atom. The molecule has 6 heteroatoms. The second-order valence-corrected chi connectivity index (χ2v) is 7.99. The van der Waals surface area contributed by atoms with Crippen molar-refractivity contribution in [2.45, 2.75) is 12.2 Å². The van der Waals surface area contributed by atoms with Gasteiger partial charge in [0.25, 0.3) is 5.91 Å². The number of rotatable bonds is 3. The van der Waals surface area contributed by atoms with E-state index in [9.17, 15) is 4.79 Å². The Hall–Kier alpha value is -3.25. The highest BCUT2D eigenvalue weighted by atomic mass is 32.2. The van der Waals surface area contributed by atoms with Crippen LogP contribution in [0, 0.1) is 0 Å². The van der Waals surface area contributed by atoms with Crippen LogP contribution in [0.1, 0.15) is 23.3 Å². The monoisotopic (exact) mass is 400 g/mol. The van der Waals surface area contributed by atoms with E-state index in [4.69, 9.17) is 5.10 Å². The van der Waals surface area contributed by atoms with Gasteiger partial charge in [0.15, 0.2) is 11.2 Å². The van der Waals surface area contributed by atoms with Crippen LogP contribution in [0.4, 0.5) is 5.69 Å². The van der Waals surface area contributed by atoms with Crippen LogP contribution in [0.25, 0.3) is 10.8 Å². The third-order valence-electron chi connectivity index (χ3n) is 5.22. The maximum atomic E-state index is 13.1. The number of fused-ring (bicyclic) bond motifs is 4. The lowest BCUT2D eigenvalue weighted by Gasteiger charge is -2.44. The number of nitrogens with zero attached hydrogens (tertiary/aromatic N) is 2. The minimum absolute atomic E-state index is 0.0641. The van der Waals surface area contributed by atoms with Gasteiger partial charge in [-0.2, -0.15) is 0 Å². The molecule has 0 spiro atoms. The van der Waals surface area contributed by atoms with Gasteiger partial charge in [-0.25, -0.2) is 0 Å². The summed E-state index contributed by atoms with van der Waals surface area (Å²) in [5, 5.41) is 16.2. The minimum atomic E-state index is -0.482. The van der Waals surface area contributed by atoms with Gasteiger partial charge in [-0.15, -0.1) is 11.7 Å². The molecule has 2 heterocycles. The normalized spacial score (nSPS) is 20.2. The molecule has 2 aliphatic heterocycles. The maximum Gasteiger partial charge on any atom is 0.255 e. The molecule has 2 N–H and O–H groups in total. The average molecular weight is 401 g/mol. The largest absolute Gasteiger partial charge is 0.360 e. The highest BCUT2D eigenvalue weighted by Crippen LogP contribution is 2.43. The number of carbonyl (C=O) groups excluding carboxylic acids is 1. The SMILES string of the molecule is C=CCSC1=NN2[C@@H](c3cccc4ccccc34)Nc3ccccc3[C@H]2C(=O)N1. The molecule has 0 aliphatic carbocycles. The highest BCUT2D eigenvalue weighted by molar-refractivity contribution is 8.14. The van der Waals surface area contributed by atoms with Crippen molar-refractivity contribution in [2.75, 3.05) is 11.1 Å². The molecule has 0 aromatic heterocycles. The van der Waals surface area contributed by atoms with Crippen LogP contribution in [-0.2, 0) is 4.79 Å². The summed E-state index contributed by atoms with van der Waals surface area (Å²) in [4.78, 5) is 13.1. The van der Waals surface area contributed by atoms with Crippen molar-refractivity contribution in [3.8, 4) is 0 Å². The number of carbonyl (C=O) groups is 1. The smallest absolute Gasteiger partial charge is 0.255 e. The lowest BCUT2D eigenvalue weighted by atomic mass is 9.95. The molecule has 0 bridgehead atoms. The highest BCUT2D eigenvalue weighted by Gasteiger charge is 2.42. The summed E-state index contributed by atoms with van der Waals surface area (Å²) in [6.07, 6.45) is 1.54. The van der Waals surface area contributed by atoms with Crippen molar-refractivity contribution >= 4 is 39.3 Å². The lowest BCUT2D eigenvalue weighted by molar-refractivity contribution is -0.127. The molecule has 0 fully saturated rings. The van der Waals surface area contributed by atoms with E-state index in [2.05, 4.69) is 47.5 Å². The predicted octanol–water partition coefficient (Wildman–Crippen LogP) is 4.63. The number of nitrogens with one attached hydrogen (secondary N) is 2. The van der Waals surface area contributed by atoms with Gasteiger partial charge in [-0.3, -0.25) is 9.80 Å². The van der Waals surface area contributed by atoms with Crippen LogP contribution in [0.3, 0.4) is 0 Å². The van der Waals surface area contributed by atoms with Gasteiger partial charge >= 0.3 is 0 Å². The van der Waals surface area contributed by atoms with Crippen LogP contribution in [0.2, 0.25) is 0 Å². The Morgan fingerprint density at radius 1 is 1.03 bits per heavy atom. The Kier molecular flexibility index (Phi) is 4.48. The van der Waals surface area contributed by atoms with Crippen molar-refractivity contribution in [3.63, 3.8) is 0 Å². The summed E-state index contributed by atoms with van der Waals surface area (Å²) < 4.78 is 0. The van der Waals surface area contributed by atoms with E-state index in [1.807, 2.05) is 41.4 Å². The summed E-state index contributed by atoms with van der Waals surface area (Å²) in [5.74, 6) is 0.617. The lowest BCUT2D eigenvalue weighted by Crippen LogP contribution is -2.51. The molecule has 5 nitrogen and oxygen atoms in total. The average Bonchev–Trinajstić information content (AvgIpc) is 2.76. The summed E-state index contributed by atoms with van der Waals surface area (Å²) in [6.45, 7) is 3.76. The van der Waals surface area contributed by atoms with Crippen molar-refractivity contribution in [1.82, 2.24) is 10.3 Å². The first-order valence-electron chi connectivity index (χ1n) is 9.51. The summed E-state index contributed by atoms with van der Waals surface area (Å²) in [5.41, 5.74) is 2.98. The first kappa shape index (κ1) is 17.8. The zero-order valence-electron chi connectivity index (χ0n) is 15.7. The van der Waals surface area contributed by atoms with Gasteiger partial charge < -0.3 is 10.6 Å². The fourth-order valence-corrected chi connectivity index (χ4v) is 4.56. The van der Waals surface area contributed by atoms with E-state index in [1.165, 1.54) is 11.8 Å². The topological polar surface area (TPSA) is 56.7 Å². The third-order valence-corrected chi connectivity index (χ3v) is 6.08. The number of amides is 1. The number of hydrazone groups is 1. The van der Waals surface area contributed by atoms with Crippen molar-refractivity contribution < 1.29 is 4.79 Å². The summed E-state index contributed by atoms with van der Waals surface area (Å²) in [7, 11) is 0. The van der Waals surface area contributed by atoms with Crippen LogP contribution < -0.4 is 10.6 Å². The Balaban J connectivity index is 1.68. The van der Waals surface area contributed by atoms with Gasteiger partial charge in [-0.05, 0) is 16.8 Å². The molecule has 0 radical (unpaired) electrons. The molecule has 0 unspecified atom stereocenters. The first-order chi connectivity index (χ1) is 14.3. The molecule has 5 rings (SSSR count). The number of anilines is 1. The van der Waals surface area contributed by atoms with Gasteiger partial charge in [-0.1, -0.05) is 78.5 Å². The second-order valence-electron chi connectivity index (χ2n) is 6.98. The molecular formula is C23H20N4OS. The van der Waals surface area contributed by atoms with Gasteiger partial charge in [0, 0.05) is 22.6 Å². The first-order valence-corrected chi connectivity index (χ1v) is 10.5. The van der Waals surface area contributed by atoms with Crippen LogP contribution >= 0.6 is 11.8 Å². The number of hydrogen-bond acceptors (Lipinski definition) is 5. The number of hydrogen-bond donors (Lipinski definition) is 2. The molecule has 3 aromatic carbocycles. The van der Waals surface area contributed by atoms with Gasteiger partial charge in [0.05, 0.1) is 0 Å². The van der Waals surface area contributed by atoms with Gasteiger partial charge in [0.1, 0.15) is 6.17 Å². The summed E-state index contributed by atoms with van der Waals surface area (Å²) in [6, 6.07) is 22.0. The van der Waals surface area contributed by atoms with Crippen molar-refractivity contribution in [2.24, 2.45) is 5.10 Å². The number of benzene rings is 3. The Labute approximate surface area is 173 Å². The number of thioether (sulfide) groups is 1.